The zero-order valence-electron chi connectivity index (χ0n) is 12.2. The summed E-state index contributed by atoms with van der Waals surface area (Å²) in [7, 11) is 0. The highest BCUT2D eigenvalue weighted by Crippen LogP contribution is 2.23. The van der Waals surface area contributed by atoms with Crippen molar-refractivity contribution in [3.05, 3.63) is 16.6 Å². The Kier molecular flexibility index (Phi) is 4.80. The van der Waals surface area contributed by atoms with E-state index in [9.17, 15) is 4.79 Å². The van der Waals surface area contributed by atoms with E-state index in [1.807, 2.05) is 27.6 Å². The zero-order chi connectivity index (χ0) is 14.7. The first kappa shape index (κ1) is 14.8. The summed E-state index contributed by atoms with van der Waals surface area (Å²) in [5, 5.41) is 3.77. The second-order valence-electron chi connectivity index (χ2n) is 5.40. The van der Waals surface area contributed by atoms with E-state index in [0.29, 0.717) is 11.7 Å². The average molecular weight is 324 g/mol. The lowest BCUT2D eigenvalue weighted by molar-refractivity contribution is -0.132. The van der Waals surface area contributed by atoms with Crippen LogP contribution in [-0.4, -0.2) is 63.8 Å². The molecule has 0 radical (unpaired) electrons. The lowest BCUT2D eigenvalue weighted by Crippen LogP contribution is -2.49. The van der Waals surface area contributed by atoms with Crippen LogP contribution < -0.4 is 0 Å². The first-order chi connectivity index (χ1) is 10.2. The monoisotopic (exact) mass is 324 g/mol. The second-order valence-corrected chi connectivity index (χ2v) is 7.52. The molecule has 0 unspecified atom stereocenters. The van der Waals surface area contributed by atoms with Crippen molar-refractivity contribution in [2.75, 3.05) is 32.7 Å². The van der Waals surface area contributed by atoms with Crippen LogP contribution in [0.2, 0.25) is 0 Å². The lowest BCUT2D eigenvalue weighted by atomic mass is 10.2. The average Bonchev–Trinajstić information content (AvgIpc) is 3.16. The molecule has 21 heavy (non-hydrogen) atoms. The van der Waals surface area contributed by atoms with Gasteiger partial charge in [0.2, 0.25) is 5.91 Å². The molecule has 0 N–H and O–H groups in total. The Labute approximate surface area is 133 Å². The van der Waals surface area contributed by atoms with E-state index >= 15 is 0 Å². The Morgan fingerprint density at radius 2 is 2.19 bits per heavy atom. The molecule has 0 spiro atoms. The van der Waals surface area contributed by atoms with Gasteiger partial charge in [-0.3, -0.25) is 9.79 Å². The number of rotatable bonds is 3. The van der Waals surface area contributed by atoms with Crippen molar-refractivity contribution in [3.8, 4) is 0 Å². The summed E-state index contributed by atoms with van der Waals surface area (Å²) in [5.41, 5.74) is 2.84. The molecule has 1 fully saturated rings. The number of carbonyl (C=O) groups excluding carboxylic acids is 1. The Morgan fingerprint density at radius 1 is 1.38 bits per heavy atom. The third-order valence-corrected chi connectivity index (χ3v) is 5.56. The van der Waals surface area contributed by atoms with Gasteiger partial charge >= 0.3 is 0 Å². The summed E-state index contributed by atoms with van der Waals surface area (Å²) in [4.78, 5) is 25.3. The fourth-order valence-electron chi connectivity index (χ4n) is 2.54. The summed E-state index contributed by atoms with van der Waals surface area (Å²) < 4.78 is 0. The molecule has 0 aromatic carbocycles. The van der Waals surface area contributed by atoms with Crippen LogP contribution in [0.1, 0.15) is 19.0 Å². The molecule has 0 saturated carbocycles. The third-order valence-electron chi connectivity index (χ3n) is 3.77. The molecule has 7 heteroatoms. The van der Waals surface area contributed by atoms with E-state index < -0.39 is 0 Å². The lowest BCUT2D eigenvalue weighted by Gasteiger charge is -2.35. The van der Waals surface area contributed by atoms with E-state index in [1.165, 1.54) is 0 Å². The molecule has 1 saturated heterocycles. The van der Waals surface area contributed by atoms with Gasteiger partial charge in [-0.15, -0.1) is 11.3 Å². The number of aliphatic imine (C=N–C) groups is 1. The highest BCUT2D eigenvalue weighted by atomic mass is 32.2. The Bertz CT molecular complexity index is 509. The number of thiazole rings is 1. The molecule has 3 rings (SSSR count). The summed E-state index contributed by atoms with van der Waals surface area (Å²) in [6.07, 6.45) is 1.32. The minimum absolute atomic E-state index is 0.247. The molecule has 1 aromatic rings. The molecule has 5 nitrogen and oxygen atoms in total. The largest absolute Gasteiger partial charge is 0.348 e. The number of amides is 1. The molecular weight excluding hydrogens is 304 g/mol. The van der Waals surface area contributed by atoms with E-state index in [4.69, 9.17) is 0 Å². The van der Waals surface area contributed by atoms with E-state index in [1.54, 1.807) is 11.3 Å². The van der Waals surface area contributed by atoms with Crippen LogP contribution in [-0.2, 0) is 11.2 Å². The molecule has 0 aliphatic carbocycles. The van der Waals surface area contributed by atoms with Gasteiger partial charge in [0, 0.05) is 43.2 Å². The summed E-state index contributed by atoms with van der Waals surface area (Å²) in [6.45, 7) is 6.56. The molecule has 3 heterocycles. The topological polar surface area (TPSA) is 48.8 Å². The number of carbonyl (C=O) groups is 1. The number of nitrogens with zero attached hydrogens (tertiary/aromatic N) is 4. The van der Waals surface area contributed by atoms with Gasteiger partial charge in [-0.1, -0.05) is 18.7 Å². The number of piperazine rings is 1. The van der Waals surface area contributed by atoms with Crippen molar-refractivity contribution in [2.24, 2.45) is 4.99 Å². The van der Waals surface area contributed by atoms with Crippen molar-refractivity contribution < 1.29 is 4.79 Å². The first-order valence-corrected chi connectivity index (χ1v) is 9.15. The maximum absolute atomic E-state index is 12.2. The van der Waals surface area contributed by atoms with Gasteiger partial charge in [0.25, 0.3) is 0 Å². The van der Waals surface area contributed by atoms with E-state index in [2.05, 4.69) is 21.8 Å². The number of hydrogen-bond acceptors (Lipinski definition) is 6. The van der Waals surface area contributed by atoms with Crippen molar-refractivity contribution in [1.82, 2.24) is 14.8 Å². The molecule has 2 aliphatic heterocycles. The predicted octanol–water partition coefficient (Wildman–Crippen LogP) is 1.71. The first-order valence-electron chi connectivity index (χ1n) is 7.33. The number of hydrogen-bond donors (Lipinski definition) is 0. The van der Waals surface area contributed by atoms with Gasteiger partial charge < -0.3 is 9.80 Å². The number of thioether (sulfide) groups is 1. The Balaban J connectivity index is 1.43. The van der Waals surface area contributed by atoms with Gasteiger partial charge in [0.15, 0.2) is 5.17 Å². The van der Waals surface area contributed by atoms with Gasteiger partial charge in [-0.2, -0.15) is 0 Å². The second kappa shape index (κ2) is 6.79. The van der Waals surface area contributed by atoms with Crippen LogP contribution in [0.3, 0.4) is 0 Å². The number of aromatic nitrogens is 1. The Morgan fingerprint density at radius 3 is 2.81 bits per heavy atom. The van der Waals surface area contributed by atoms with Crippen molar-refractivity contribution in [2.45, 2.75) is 25.0 Å². The summed E-state index contributed by atoms with van der Waals surface area (Å²) in [5.74, 6) is 0.247. The van der Waals surface area contributed by atoms with Crippen molar-refractivity contribution >= 4 is 34.2 Å². The molecule has 114 valence electrons. The highest BCUT2D eigenvalue weighted by Gasteiger charge is 2.26. The van der Waals surface area contributed by atoms with Crippen LogP contribution >= 0.6 is 23.1 Å². The normalized spacial score (nSPS) is 22.5. The standard InChI is InChI=1S/C14H20N4OS2/c1-11-8-15-14(21-11)18-6-4-17(5-7-18)13(19)3-2-12-9-20-10-16-12/h9-11H,2-8H2,1H3/t11-/m1/s1. The molecule has 2 aliphatic rings. The molecule has 1 atom stereocenters. The van der Waals surface area contributed by atoms with Crippen LogP contribution in [0.5, 0.6) is 0 Å². The van der Waals surface area contributed by atoms with Gasteiger partial charge in [-0.25, -0.2) is 4.98 Å². The molecular formula is C14H20N4OS2. The maximum Gasteiger partial charge on any atom is 0.223 e. The molecule has 0 bridgehead atoms. The summed E-state index contributed by atoms with van der Waals surface area (Å²) in [6, 6.07) is 0. The maximum atomic E-state index is 12.2. The fourth-order valence-corrected chi connectivity index (χ4v) is 4.12. The molecule has 1 aromatic heterocycles. The third kappa shape index (κ3) is 3.77. The van der Waals surface area contributed by atoms with Crippen LogP contribution in [0.15, 0.2) is 15.9 Å². The van der Waals surface area contributed by atoms with Gasteiger partial charge in [0.1, 0.15) is 0 Å². The smallest absolute Gasteiger partial charge is 0.223 e. The van der Waals surface area contributed by atoms with E-state index in [0.717, 1.165) is 50.0 Å². The Hall–Kier alpha value is -1.08. The van der Waals surface area contributed by atoms with Crippen LogP contribution in [0.25, 0.3) is 0 Å². The number of aryl methyl sites for hydroxylation is 1. The summed E-state index contributed by atoms with van der Waals surface area (Å²) >= 11 is 3.44. The van der Waals surface area contributed by atoms with Gasteiger partial charge in [0.05, 0.1) is 17.7 Å². The van der Waals surface area contributed by atoms with Crippen LogP contribution in [0, 0.1) is 0 Å². The van der Waals surface area contributed by atoms with Crippen LogP contribution in [0.4, 0.5) is 0 Å². The predicted molar refractivity (Wildman–Crippen MR) is 87.9 cm³/mol. The molecule has 1 amide bonds. The highest BCUT2D eigenvalue weighted by molar-refractivity contribution is 8.14. The fraction of sp³-hybridized carbons (Fsp3) is 0.643. The van der Waals surface area contributed by atoms with E-state index in [-0.39, 0.29) is 5.91 Å². The van der Waals surface area contributed by atoms with Gasteiger partial charge in [-0.05, 0) is 6.42 Å². The minimum Gasteiger partial charge on any atom is -0.348 e. The zero-order valence-corrected chi connectivity index (χ0v) is 13.8. The SMILES string of the molecule is C[C@@H]1CN=C(N2CCN(C(=O)CCc3cscn3)CC2)S1. The van der Waals surface area contributed by atoms with Crippen molar-refractivity contribution in [1.29, 1.82) is 0 Å². The quantitative estimate of drug-likeness (QED) is 0.849. The minimum atomic E-state index is 0.247. The van der Waals surface area contributed by atoms with Crippen molar-refractivity contribution in [3.63, 3.8) is 0 Å². The number of amidine groups is 1.